The number of hydrogen-bond donors (Lipinski definition) is 2. The van der Waals surface area contributed by atoms with Crippen LogP contribution in [0.4, 0.5) is 0 Å². The number of fused-ring (bicyclic) bond motifs is 2. The Hall–Kier alpha value is -2.68. The summed E-state index contributed by atoms with van der Waals surface area (Å²) in [5.74, 6) is 0. The molecule has 2 heterocycles. The molecule has 0 saturated carbocycles. The van der Waals surface area contributed by atoms with Crippen LogP contribution in [0.15, 0.2) is 85.2 Å². The van der Waals surface area contributed by atoms with Gasteiger partial charge in [0.15, 0.2) is 0 Å². The normalized spacial score (nSPS) is 12.1. The van der Waals surface area contributed by atoms with E-state index in [-0.39, 0.29) is 0 Å². The van der Waals surface area contributed by atoms with Crippen LogP contribution in [0.2, 0.25) is 5.02 Å². The zero-order valence-electron chi connectivity index (χ0n) is 14.3. The largest absolute Gasteiger partial charge is 0.361 e. The lowest BCUT2D eigenvalue weighted by Gasteiger charge is -2.29. The van der Waals surface area contributed by atoms with Crippen molar-refractivity contribution >= 4 is 45.0 Å². The maximum Gasteiger partial charge on any atom is 0.125 e. The van der Waals surface area contributed by atoms with Crippen molar-refractivity contribution in [3.63, 3.8) is 0 Å². The molecule has 27 heavy (non-hydrogen) atoms. The molecule has 0 fully saturated rings. The topological polar surface area (TPSA) is 31.6 Å². The molecule has 0 aliphatic heterocycles. The van der Waals surface area contributed by atoms with Crippen LogP contribution >= 0.6 is 23.2 Å². The minimum atomic E-state index is -0.933. The van der Waals surface area contributed by atoms with Gasteiger partial charge in [0.1, 0.15) is 4.87 Å². The third-order valence-electron chi connectivity index (χ3n) is 5.17. The molecule has 0 saturated heterocycles. The summed E-state index contributed by atoms with van der Waals surface area (Å²) in [7, 11) is 0. The van der Waals surface area contributed by atoms with E-state index < -0.39 is 4.87 Å². The molecule has 5 rings (SSSR count). The molecule has 3 aromatic carbocycles. The van der Waals surface area contributed by atoms with E-state index in [0.717, 1.165) is 38.5 Å². The highest BCUT2D eigenvalue weighted by Crippen LogP contribution is 2.49. The predicted molar refractivity (Wildman–Crippen MR) is 114 cm³/mol. The highest BCUT2D eigenvalue weighted by atomic mass is 35.5. The van der Waals surface area contributed by atoms with Gasteiger partial charge in [0.2, 0.25) is 0 Å². The maximum atomic E-state index is 7.54. The predicted octanol–water partition coefficient (Wildman–Crippen LogP) is 6.83. The van der Waals surface area contributed by atoms with Crippen molar-refractivity contribution < 1.29 is 0 Å². The molecule has 4 heteroatoms. The number of aromatic nitrogens is 2. The summed E-state index contributed by atoms with van der Waals surface area (Å²) in [5.41, 5.74) is 4.92. The molecular formula is C23H16Cl2N2. The molecule has 132 valence electrons. The smallest absolute Gasteiger partial charge is 0.125 e. The van der Waals surface area contributed by atoms with Gasteiger partial charge in [-0.1, -0.05) is 66.2 Å². The minimum absolute atomic E-state index is 0.642. The van der Waals surface area contributed by atoms with Crippen molar-refractivity contribution in [1.29, 1.82) is 0 Å². The molecular weight excluding hydrogens is 375 g/mol. The van der Waals surface area contributed by atoms with E-state index in [2.05, 4.69) is 34.2 Å². The SMILES string of the molecule is Clc1ccccc1C(Cl)(c1c[nH]c2ccccc12)c1c[nH]c2ccccc12. The highest BCUT2D eigenvalue weighted by Gasteiger charge is 2.39. The van der Waals surface area contributed by atoms with Gasteiger partial charge in [-0.25, -0.2) is 0 Å². The van der Waals surface area contributed by atoms with Crippen LogP contribution in [0.5, 0.6) is 0 Å². The third-order valence-corrected chi connectivity index (χ3v) is 6.11. The van der Waals surface area contributed by atoms with Crippen LogP contribution in [-0.4, -0.2) is 9.97 Å². The Kier molecular flexibility index (Phi) is 3.78. The fourth-order valence-electron chi connectivity index (χ4n) is 3.89. The van der Waals surface area contributed by atoms with E-state index in [4.69, 9.17) is 23.2 Å². The summed E-state index contributed by atoms with van der Waals surface area (Å²) in [5, 5.41) is 2.80. The number of H-pyrrole nitrogens is 2. The van der Waals surface area contributed by atoms with Gasteiger partial charge in [-0.05, 0) is 18.2 Å². The molecule has 0 radical (unpaired) electrons. The lowest BCUT2D eigenvalue weighted by Crippen LogP contribution is -2.22. The Morgan fingerprint density at radius 1 is 0.593 bits per heavy atom. The van der Waals surface area contributed by atoms with Gasteiger partial charge in [0, 0.05) is 55.9 Å². The summed E-state index contributed by atoms with van der Waals surface area (Å²) < 4.78 is 0. The second-order valence-corrected chi connectivity index (χ2v) is 7.61. The van der Waals surface area contributed by atoms with Gasteiger partial charge >= 0.3 is 0 Å². The van der Waals surface area contributed by atoms with E-state index in [1.165, 1.54) is 0 Å². The molecule has 0 aliphatic carbocycles. The number of nitrogens with one attached hydrogen (secondary N) is 2. The number of alkyl halides is 1. The van der Waals surface area contributed by atoms with Crippen LogP contribution in [0, 0.1) is 0 Å². The van der Waals surface area contributed by atoms with Crippen LogP contribution in [-0.2, 0) is 4.87 Å². The Morgan fingerprint density at radius 3 is 1.63 bits per heavy atom. The third kappa shape index (κ3) is 2.41. The number of benzene rings is 3. The first-order valence-electron chi connectivity index (χ1n) is 8.76. The molecule has 0 spiro atoms. The average Bonchev–Trinajstić information content (AvgIpc) is 3.33. The molecule has 5 aromatic rings. The van der Waals surface area contributed by atoms with Gasteiger partial charge in [-0.15, -0.1) is 11.6 Å². The van der Waals surface area contributed by atoms with E-state index in [9.17, 15) is 0 Å². The first kappa shape index (κ1) is 16.5. The van der Waals surface area contributed by atoms with Crippen LogP contribution in [0.3, 0.4) is 0 Å². The molecule has 0 bridgehead atoms. The van der Waals surface area contributed by atoms with Gasteiger partial charge in [-0.2, -0.15) is 0 Å². The maximum absolute atomic E-state index is 7.54. The van der Waals surface area contributed by atoms with Crippen molar-refractivity contribution in [2.45, 2.75) is 4.87 Å². The van der Waals surface area contributed by atoms with E-state index in [1.807, 2.05) is 60.9 Å². The van der Waals surface area contributed by atoms with Crippen molar-refractivity contribution in [2.24, 2.45) is 0 Å². The zero-order chi connectivity index (χ0) is 18.4. The zero-order valence-corrected chi connectivity index (χ0v) is 15.9. The number of hydrogen-bond acceptors (Lipinski definition) is 0. The summed E-state index contributed by atoms with van der Waals surface area (Å²) in [6, 6.07) is 24.1. The van der Waals surface area contributed by atoms with Crippen LogP contribution < -0.4 is 0 Å². The van der Waals surface area contributed by atoms with Crippen molar-refractivity contribution in [3.8, 4) is 0 Å². The quantitative estimate of drug-likeness (QED) is 0.316. The number of halogens is 2. The lowest BCUT2D eigenvalue weighted by atomic mass is 9.83. The van der Waals surface area contributed by atoms with Crippen LogP contribution in [0.25, 0.3) is 21.8 Å². The van der Waals surface area contributed by atoms with Crippen molar-refractivity contribution in [3.05, 3.63) is 107 Å². The standard InChI is InChI=1S/C23H16Cl2N2/c24-20-10-4-3-9-17(20)23(25,18-13-26-21-11-5-1-7-15(18)21)19-14-27-22-12-6-2-8-16(19)22/h1-14,26-27H. The number of para-hydroxylation sites is 2. The molecule has 2 N–H and O–H groups in total. The molecule has 0 amide bonds. The minimum Gasteiger partial charge on any atom is -0.361 e. The fourth-order valence-corrected chi connectivity index (χ4v) is 4.69. The molecule has 0 atom stereocenters. The van der Waals surface area contributed by atoms with Gasteiger partial charge in [-0.3, -0.25) is 0 Å². The Balaban J connectivity index is 1.90. The second kappa shape index (κ2) is 6.19. The summed E-state index contributed by atoms with van der Waals surface area (Å²) in [6.07, 6.45) is 3.98. The van der Waals surface area contributed by atoms with Gasteiger partial charge in [0.05, 0.1) is 0 Å². The number of rotatable bonds is 3. The first-order valence-corrected chi connectivity index (χ1v) is 9.52. The average molecular weight is 391 g/mol. The highest BCUT2D eigenvalue weighted by molar-refractivity contribution is 6.35. The van der Waals surface area contributed by atoms with Crippen molar-refractivity contribution in [2.75, 3.05) is 0 Å². The van der Waals surface area contributed by atoms with Gasteiger partial charge < -0.3 is 9.97 Å². The summed E-state index contributed by atoms with van der Waals surface area (Å²) >= 11 is 14.2. The van der Waals surface area contributed by atoms with E-state index >= 15 is 0 Å². The monoisotopic (exact) mass is 390 g/mol. The molecule has 0 aliphatic rings. The molecule has 0 unspecified atom stereocenters. The fraction of sp³-hybridized carbons (Fsp3) is 0.0435. The molecule has 2 aromatic heterocycles. The Morgan fingerprint density at radius 2 is 1.07 bits per heavy atom. The first-order chi connectivity index (χ1) is 13.2. The Bertz CT molecular complexity index is 1190. The number of aromatic amines is 2. The second-order valence-electron chi connectivity index (χ2n) is 6.63. The van der Waals surface area contributed by atoms with Gasteiger partial charge in [0.25, 0.3) is 0 Å². The van der Waals surface area contributed by atoms with Crippen LogP contribution in [0.1, 0.15) is 16.7 Å². The van der Waals surface area contributed by atoms with E-state index in [1.54, 1.807) is 0 Å². The lowest BCUT2D eigenvalue weighted by molar-refractivity contribution is 0.898. The summed E-state index contributed by atoms with van der Waals surface area (Å²) in [6.45, 7) is 0. The van der Waals surface area contributed by atoms with E-state index in [0.29, 0.717) is 5.02 Å². The summed E-state index contributed by atoms with van der Waals surface area (Å²) in [4.78, 5) is 5.78. The van der Waals surface area contributed by atoms with Crippen molar-refractivity contribution in [1.82, 2.24) is 9.97 Å². The molecule has 2 nitrogen and oxygen atoms in total. The Labute approximate surface area is 166 Å².